The second-order valence-corrected chi connectivity index (χ2v) is 5.52. The molecule has 0 fully saturated rings. The lowest BCUT2D eigenvalue weighted by Crippen LogP contribution is -2.33. The molecule has 0 aliphatic carbocycles. The first-order valence-electron chi connectivity index (χ1n) is 8.10. The number of carbonyl (C=O) groups excluding carboxylic acids is 3. The van der Waals surface area contributed by atoms with Crippen LogP contribution < -0.4 is 10.2 Å². The average molecular weight is 351 g/mol. The highest BCUT2D eigenvalue weighted by molar-refractivity contribution is 6.30. The van der Waals surface area contributed by atoms with E-state index in [4.69, 9.17) is 4.74 Å². The Morgan fingerprint density at radius 1 is 1.19 bits per heavy atom. The Balaban J connectivity index is 1.69. The van der Waals surface area contributed by atoms with Gasteiger partial charge in [0.25, 0.3) is 11.8 Å². The summed E-state index contributed by atoms with van der Waals surface area (Å²) < 4.78 is 4.91. The quantitative estimate of drug-likeness (QED) is 0.631. The monoisotopic (exact) mass is 351 g/mol. The predicted octanol–water partition coefficient (Wildman–Crippen LogP) is 1.81. The molecule has 0 saturated heterocycles. The van der Waals surface area contributed by atoms with Gasteiger partial charge in [0.2, 0.25) is 0 Å². The fourth-order valence-electron chi connectivity index (χ4n) is 2.50. The van der Waals surface area contributed by atoms with E-state index >= 15 is 0 Å². The van der Waals surface area contributed by atoms with E-state index in [0.29, 0.717) is 17.8 Å². The summed E-state index contributed by atoms with van der Waals surface area (Å²) in [6, 6.07) is 9.79. The Morgan fingerprint density at radius 2 is 1.96 bits per heavy atom. The third kappa shape index (κ3) is 3.61. The summed E-state index contributed by atoms with van der Waals surface area (Å²) in [5.74, 6) is -1.33. The van der Waals surface area contributed by atoms with Gasteiger partial charge in [0.15, 0.2) is 0 Å². The number of hydrogen-bond acceptors (Lipinski definition) is 6. The van der Waals surface area contributed by atoms with Gasteiger partial charge in [0, 0.05) is 25.0 Å². The van der Waals surface area contributed by atoms with Gasteiger partial charge in [-0.25, -0.2) is 9.69 Å². The fraction of sp³-hybridized carbons (Fsp3) is 0.158. The number of imide groups is 1. The molecule has 2 amide bonds. The number of carbonyl (C=O) groups is 3. The van der Waals surface area contributed by atoms with E-state index in [9.17, 15) is 14.4 Å². The van der Waals surface area contributed by atoms with Crippen LogP contribution in [0.3, 0.4) is 0 Å². The molecule has 1 aromatic heterocycles. The molecule has 0 spiro atoms. The van der Waals surface area contributed by atoms with E-state index in [1.54, 1.807) is 37.5 Å². The highest BCUT2D eigenvalue weighted by Crippen LogP contribution is 2.22. The number of ether oxygens (including phenoxy) is 1. The molecule has 3 rings (SSSR count). The van der Waals surface area contributed by atoms with Crippen LogP contribution in [0.1, 0.15) is 22.8 Å². The fourth-order valence-corrected chi connectivity index (χ4v) is 2.50. The molecule has 2 heterocycles. The van der Waals surface area contributed by atoms with Crippen LogP contribution in [0.25, 0.3) is 0 Å². The Labute approximate surface area is 150 Å². The van der Waals surface area contributed by atoms with Gasteiger partial charge in [-0.2, -0.15) is 0 Å². The van der Waals surface area contributed by atoms with Crippen LogP contribution in [-0.4, -0.2) is 29.4 Å². The Morgan fingerprint density at radius 3 is 2.62 bits per heavy atom. The van der Waals surface area contributed by atoms with Crippen LogP contribution in [0.2, 0.25) is 0 Å². The zero-order valence-corrected chi connectivity index (χ0v) is 14.1. The standard InChI is InChI=1S/C19H17N3O4/c1-2-26-19(25)14-5-7-15(8-6-14)22-17(23)10-16(18(22)24)21-12-13-4-3-9-20-11-13/h3-11,21H,2,12H2,1H3. The summed E-state index contributed by atoms with van der Waals surface area (Å²) in [6.07, 6.45) is 4.60. The molecular formula is C19H17N3O4. The molecule has 2 aromatic rings. The first kappa shape index (κ1) is 17.3. The zero-order chi connectivity index (χ0) is 18.5. The maximum absolute atomic E-state index is 12.5. The van der Waals surface area contributed by atoms with Crippen molar-refractivity contribution in [2.45, 2.75) is 13.5 Å². The van der Waals surface area contributed by atoms with Crippen LogP contribution >= 0.6 is 0 Å². The van der Waals surface area contributed by atoms with Gasteiger partial charge in [-0.3, -0.25) is 14.6 Å². The number of aromatic nitrogens is 1. The number of nitrogens with one attached hydrogen (secondary N) is 1. The van der Waals surface area contributed by atoms with Crippen molar-refractivity contribution >= 4 is 23.5 Å². The number of benzene rings is 1. The number of hydrogen-bond donors (Lipinski definition) is 1. The minimum Gasteiger partial charge on any atom is -0.462 e. The van der Waals surface area contributed by atoms with Crippen molar-refractivity contribution in [3.63, 3.8) is 0 Å². The van der Waals surface area contributed by atoms with Gasteiger partial charge >= 0.3 is 5.97 Å². The summed E-state index contributed by atoms with van der Waals surface area (Å²) >= 11 is 0. The van der Waals surface area contributed by atoms with Gasteiger partial charge in [0.1, 0.15) is 5.70 Å². The van der Waals surface area contributed by atoms with Gasteiger partial charge < -0.3 is 10.1 Å². The molecule has 0 saturated carbocycles. The van der Waals surface area contributed by atoms with E-state index in [1.165, 1.54) is 18.2 Å². The highest BCUT2D eigenvalue weighted by atomic mass is 16.5. The van der Waals surface area contributed by atoms with Crippen LogP contribution in [0.5, 0.6) is 0 Å². The lowest BCUT2D eigenvalue weighted by Gasteiger charge is -2.15. The van der Waals surface area contributed by atoms with Crippen LogP contribution in [0.4, 0.5) is 5.69 Å². The second-order valence-electron chi connectivity index (χ2n) is 5.52. The molecular weight excluding hydrogens is 334 g/mol. The molecule has 1 aliphatic rings. The number of pyridine rings is 1. The Bertz CT molecular complexity index is 860. The molecule has 7 nitrogen and oxygen atoms in total. The summed E-state index contributed by atoms with van der Waals surface area (Å²) in [7, 11) is 0. The van der Waals surface area contributed by atoms with Crippen LogP contribution in [-0.2, 0) is 20.9 Å². The second kappa shape index (κ2) is 7.60. The van der Waals surface area contributed by atoms with Gasteiger partial charge in [-0.05, 0) is 42.8 Å². The maximum Gasteiger partial charge on any atom is 0.338 e. The van der Waals surface area contributed by atoms with E-state index in [2.05, 4.69) is 10.3 Å². The first-order valence-corrected chi connectivity index (χ1v) is 8.10. The normalized spacial score (nSPS) is 13.6. The highest BCUT2D eigenvalue weighted by Gasteiger charge is 2.32. The van der Waals surface area contributed by atoms with Gasteiger partial charge in [0.05, 0.1) is 17.9 Å². The minimum atomic E-state index is -0.449. The van der Waals surface area contributed by atoms with E-state index in [1.807, 2.05) is 6.07 Å². The molecule has 0 unspecified atom stereocenters. The molecule has 0 radical (unpaired) electrons. The lowest BCUT2D eigenvalue weighted by atomic mass is 10.2. The Hall–Kier alpha value is -3.48. The number of amides is 2. The molecule has 1 N–H and O–H groups in total. The molecule has 26 heavy (non-hydrogen) atoms. The van der Waals surface area contributed by atoms with Crippen molar-refractivity contribution in [1.82, 2.24) is 10.3 Å². The summed E-state index contributed by atoms with van der Waals surface area (Å²) in [4.78, 5) is 41.5. The molecule has 0 bridgehead atoms. The maximum atomic E-state index is 12.5. The molecule has 1 aliphatic heterocycles. The summed E-state index contributed by atoms with van der Waals surface area (Å²) in [5.41, 5.74) is 1.86. The van der Waals surface area contributed by atoms with E-state index in [-0.39, 0.29) is 12.3 Å². The van der Waals surface area contributed by atoms with Crippen molar-refractivity contribution < 1.29 is 19.1 Å². The minimum absolute atomic E-state index is 0.216. The number of nitrogens with zero attached hydrogens (tertiary/aromatic N) is 2. The lowest BCUT2D eigenvalue weighted by molar-refractivity contribution is -0.120. The Kier molecular flexibility index (Phi) is 5.07. The summed E-state index contributed by atoms with van der Waals surface area (Å²) in [6.45, 7) is 2.38. The molecule has 7 heteroatoms. The average Bonchev–Trinajstić information content (AvgIpc) is 2.95. The van der Waals surface area contributed by atoms with Crippen molar-refractivity contribution in [1.29, 1.82) is 0 Å². The van der Waals surface area contributed by atoms with Crippen LogP contribution in [0.15, 0.2) is 60.6 Å². The molecule has 0 atom stereocenters. The topological polar surface area (TPSA) is 88.6 Å². The van der Waals surface area contributed by atoms with E-state index < -0.39 is 17.8 Å². The van der Waals surface area contributed by atoms with Gasteiger partial charge in [-0.15, -0.1) is 0 Å². The number of anilines is 1. The predicted molar refractivity (Wildman–Crippen MR) is 94.1 cm³/mol. The largest absolute Gasteiger partial charge is 0.462 e. The van der Waals surface area contributed by atoms with Crippen molar-refractivity contribution in [3.8, 4) is 0 Å². The van der Waals surface area contributed by atoms with Gasteiger partial charge in [-0.1, -0.05) is 6.07 Å². The molecule has 1 aromatic carbocycles. The van der Waals surface area contributed by atoms with Crippen molar-refractivity contribution in [3.05, 3.63) is 71.7 Å². The zero-order valence-electron chi connectivity index (χ0n) is 14.1. The van der Waals surface area contributed by atoms with Crippen LogP contribution in [0, 0.1) is 0 Å². The van der Waals surface area contributed by atoms with Crippen molar-refractivity contribution in [2.75, 3.05) is 11.5 Å². The van der Waals surface area contributed by atoms with Crippen molar-refractivity contribution in [2.24, 2.45) is 0 Å². The summed E-state index contributed by atoms with van der Waals surface area (Å²) in [5, 5.41) is 2.96. The number of rotatable bonds is 6. The van der Waals surface area contributed by atoms with E-state index in [0.717, 1.165) is 10.5 Å². The SMILES string of the molecule is CCOC(=O)c1ccc(N2C(=O)C=C(NCc3cccnc3)C2=O)cc1. The molecule has 132 valence electrons. The first-order chi connectivity index (χ1) is 12.6. The smallest absolute Gasteiger partial charge is 0.338 e. The third-order valence-electron chi connectivity index (χ3n) is 3.76. The number of esters is 1. The third-order valence-corrected chi connectivity index (χ3v) is 3.76.